The summed E-state index contributed by atoms with van der Waals surface area (Å²) in [5.74, 6) is -0.373. The van der Waals surface area contributed by atoms with Crippen molar-refractivity contribution in [2.45, 2.75) is 19.4 Å². The Balaban J connectivity index is 2.34. The van der Waals surface area contributed by atoms with E-state index in [1.54, 1.807) is 6.07 Å². The molecule has 0 saturated heterocycles. The molecule has 0 fully saturated rings. The standard InChI is InChI=1S/C16H16BrClFN/c1-10-6-7-13(17)12(8-10)15(20-2)9-11-4-3-5-14(19)16(11)18/h3-8,15,20H,9H2,1-2H3. The Morgan fingerprint density at radius 2 is 2.05 bits per heavy atom. The van der Waals surface area contributed by atoms with Crippen molar-refractivity contribution in [3.63, 3.8) is 0 Å². The van der Waals surface area contributed by atoms with Gasteiger partial charge in [0, 0.05) is 10.5 Å². The van der Waals surface area contributed by atoms with Gasteiger partial charge in [-0.05, 0) is 43.7 Å². The van der Waals surface area contributed by atoms with Crippen molar-refractivity contribution in [1.29, 1.82) is 0 Å². The molecule has 0 heterocycles. The van der Waals surface area contributed by atoms with Crippen molar-refractivity contribution in [2.24, 2.45) is 0 Å². The van der Waals surface area contributed by atoms with E-state index < -0.39 is 0 Å². The third-order valence-corrected chi connectivity index (χ3v) is 4.48. The van der Waals surface area contributed by atoms with Gasteiger partial charge in [-0.15, -0.1) is 0 Å². The van der Waals surface area contributed by atoms with Gasteiger partial charge < -0.3 is 5.32 Å². The maximum Gasteiger partial charge on any atom is 0.142 e. The molecular weight excluding hydrogens is 341 g/mol. The zero-order valence-corrected chi connectivity index (χ0v) is 13.7. The molecule has 0 amide bonds. The van der Waals surface area contributed by atoms with Gasteiger partial charge in [-0.2, -0.15) is 0 Å². The molecule has 2 aromatic carbocycles. The Labute approximate surface area is 132 Å². The van der Waals surface area contributed by atoms with E-state index in [0.29, 0.717) is 6.42 Å². The Hall–Kier alpha value is -0.900. The highest BCUT2D eigenvalue weighted by molar-refractivity contribution is 9.10. The van der Waals surface area contributed by atoms with Crippen molar-refractivity contribution in [2.75, 3.05) is 7.05 Å². The Morgan fingerprint density at radius 1 is 1.30 bits per heavy atom. The zero-order chi connectivity index (χ0) is 14.7. The van der Waals surface area contributed by atoms with Crippen molar-refractivity contribution in [1.82, 2.24) is 5.32 Å². The molecule has 106 valence electrons. The number of nitrogens with one attached hydrogen (secondary N) is 1. The van der Waals surface area contributed by atoms with Crippen LogP contribution in [0.2, 0.25) is 5.02 Å². The third-order valence-electron chi connectivity index (χ3n) is 3.33. The highest BCUT2D eigenvalue weighted by Crippen LogP contribution is 2.29. The summed E-state index contributed by atoms with van der Waals surface area (Å²) in [6, 6.07) is 11.2. The summed E-state index contributed by atoms with van der Waals surface area (Å²) in [7, 11) is 1.90. The van der Waals surface area contributed by atoms with Crippen LogP contribution >= 0.6 is 27.5 Å². The predicted octanol–water partition coefficient (Wildman–Crippen LogP) is 5.05. The summed E-state index contributed by atoms with van der Waals surface area (Å²) >= 11 is 9.61. The van der Waals surface area contributed by atoms with Crippen LogP contribution < -0.4 is 5.32 Å². The normalized spacial score (nSPS) is 12.4. The second kappa shape index (κ2) is 6.70. The van der Waals surface area contributed by atoms with Crippen LogP contribution in [-0.4, -0.2) is 7.05 Å². The largest absolute Gasteiger partial charge is 0.313 e. The van der Waals surface area contributed by atoms with E-state index in [2.05, 4.69) is 40.3 Å². The van der Waals surface area contributed by atoms with E-state index >= 15 is 0 Å². The summed E-state index contributed by atoms with van der Waals surface area (Å²) in [6.07, 6.45) is 0.634. The van der Waals surface area contributed by atoms with Gasteiger partial charge in [0.2, 0.25) is 0 Å². The predicted molar refractivity (Wildman–Crippen MR) is 85.8 cm³/mol. The average molecular weight is 357 g/mol. The molecule has 1 N–H and O–H groups in total. The Kier molecular flexibility index (Phi) is 5.19. The number of halogens is 3. The quantitative estimate of drug-likeness (QED) is 0.808. The Morgan fingerprint density at radius 3 is 2.75 bits per heavy atom. The van der Waals surface area contributed by atoms with Crippen LogP contribution in [0.15, 0.2) is 40.9 Å². The summed E-state index contributed by atoms with van der Waals surface area (Å²) < 4.78 is 14.6. The van der Waals surface area contributed by atoms with Gasteiger partial charge in [0.15, 0.2) is 0 Å². The summed E-state index contributed by atoms with van der Waals surface area (Å²) in [5.41, 5.74) is 3.14. The molecule has 20 heavy (non-hydrogen) atoms. The molecule has 0 aliphatic rings. The molecular formula is C16H16BrClFN. The van der Waals surface area contributed by atoms with Crippen LogP contribution in [0.4, 0.5) is 4.39 Å². The van der Waals surface area contributed by atoms with Gasteiger partial charge in [-0.25, -0.2) is 4.39 Å². The van der Waals surface area contributed by atoms with E-state index in [1.807, 2.05) is 19.2 Å². The lowest BCUT2D eigenvalue weighted by atomic mass is 9.97. The first kappa shape index (κ1) is 15.5. The monoisotopic (exact) mass is 355 g/mol. The SMILES string of the molecule is CNC(Cc1cccc(F)c1Cl)c1cc(C)ccc1Br. The minimum absolute atomic E-state index is 0.0728. The van der Waals surface area contributed by atoms with E-state index in [1.165, 1.54) is 11.6 Å². The van der Waals surface area contributed by atoms with Crippen molar-refractivity contribution < 1.29 is 4.39 Å². The van der Waals surface area contributed by atoms with Gasteiger partial charge in [0.25, 0.3) is 0 Å². The molecule has 0 aliphatic carbocycles. The lowest BCUT2D eigenvalue weighted by Crippen LogP contribution is -2.19. The minimum Gasteiger partial charge on any atom is -0.313 e. The average Bonchev–Trinajstić information content (AvgIpc) is 2.43. The fourth-order valence-electron chi connectivity index (χ4n) is 2.22. The molecule has 1 nitrogen and oxygen atoms in total. The molecule has 2 aromatic rings. The summed E-state index contributed by atoms with van der Waals surface area (Å²) in [6.45, 7) is 2.05. The molecule has 4 heteroatoms. The minimum atomic E-state index is -0.373. The number of benzene rings is 2. The fraction of sp³-hybridized carbons (Fsp3) is 0.250. The van der Waals surface area contributed by atoms with Crippen molar-refractivity contribution in [3.05, 3.63) is 68.4 Å². The highest BCUT2D eigenvalue weighted by atomic mass is 79.9. The number of hydrogen-bond donors (Lipinski definition) is 1. The summed E-state index contributed by atoms with van der Waals surface area (Å²) in [5, 5.41) is 3.48. The van der Waals surface area contributed by atoms with E-state index in [-0.39, 0.29) is 16.9 Å². The number of aryl methyl sites for hydroxylation is 1. The molecule has 2 rings (SSSR count). The first-order valence-corrected chi connectivity index (χ1v) is 7.56. The molecule has 0 bridgehead atoms. The van der Waals surface area contributed by atoms with Crippen LogP contribution in [0.25, 0.3) is 0 Å². The smallest absolute Gasteiger partial charge is 0.142 e. The van der Waals surface area contributed by atoms with E-state index in [9.17, 15) is 4.39 Å². The van der Waals surface area contributed by atoms with Gasteiger partial charge in [0.1, 0.15) is 5.82 Å². The van der Waals surface area contributed by atoms with Crippen LogP contribution in [-0.2, 0) is 6.42 Å². The fourth-order valence-corrected chi connectivity index (χ4v) is 2.95. The van der Waals surface area contributed by atoms with Crippen LogP contribution in [0, 0.1) is 12.7 Å². The van der Waals surface area contributed by atoms with Gasteiger partial charge in [-0.3, -0.25) is 0 Å². The molecule has 0 saturated carbocycles. The third kappa shape index (κ3) is 3.40. The van der Waals surface area contributed by atoms with Gasteiger partial charge in [-0.1, -0.05) is 57.4 Å². The molecule has 0 spiro atoms. The van der Waals surface area contributed by atoms with Crippen LogP contribution in [0.3, 0.4) is 0 Å². The topological polar surface area (TPSA) is 12.0 Å². The van der Waals surface area contributed by atoms with Crippen LogP contribution in [0.5, 0.6) is 0 Å². The Bertz CT molecular complexity index is 615. The molecule has 0 radical (unpaired) electrons. The second-order valence-electron chi connectivity index (χ2n) is 4.78. The first-order valence-electron chi connectivity index (χ1n) is 6.39. The van der Waals surface area contributed by atoms with Gasteiger partial charge >= 0.3 is 0 Å². The maximum atomic E-state index is 13.5. The maximum absolute atomic E-state index is 13.5. The first-order chi connectivity index (χ1) is 9.52. The van der Waals surface area contributed by atoms with E-state index in [4.69, 9.17) is 11.6 Å². The zero-order valence-electron chi connectivity index (χ0n) is 11.4. The molecule has 1 atom stereocenters. The molecule has 1 unspecified atom stereocenters. The lowest BCUT2D eigenvalue weighted by molar-refractivity contribution is 0.582. The van der Waals surface area contributed by atoms with Crippen LogP contribution in [0.1, 0.15) is 22.7 Å². The van der Waals surface area contributed by atoms with Crippen molar-refractivity contribution >= 4 is 27.5 Å². The molecule has 0 aliphatic heterocycles. The highest BCUT2D eigenvalue weighted by Gasteiger charge is 2.16. The second-order valence-corrected chi connectivity index (χ2v) is 6.02. The lowest BCUT2D eigenvalue weighted by Gasteiger charge is -2.19. The number of likely N-dealkylation sites (N-methyl/N-ethyl adjacent to an activating group) is 1. The van der Waals surface area contributed by atoms with E-state index in [0.717, 1.165) is 15.6 Å². The van der Waals surface area contributed by atoms with Gasteiger partial charge in [0.05, 0.1) is 5.02 Å². The van der Waals surface area contributed by atoms with Crippen molar-refractivity contribution in [3.8, 4) is 0 Å². The number of rotatable bonds is 4. The number of hydrogen-bond acceptors (Lipinski definition) is 1. The summed E-state index contributed by atoms with van der Waals surface area (Å²) in [4.78, 5) is 0. The molecule has 0 aromatic heterocycles.